The van der Waals surface area contributed by atoms with E-state index in [-0.39, 0.29) is 24.8 Å². The number of benzene rings is 2. The van der Waals surface area contributed by atoms with Crippen LogP contribution in [-0.4, -0.2) is 3.21 Å². The Hall–Kier alpha value is -0.747. The minimum absolute atomic E-state index is 0. The van der Waals surface area contributed by atoms with Crippen LogP contribution in [0.25, 0.3) is 11.1 Å². The normalized spacial score (nSPS) is 15.0. The molecule has 1 atom stereocenters. The van der Waals surface area contributed by atoms with Gasteiger partial charge < -0.3 is 24.8 Å². The molecule has 0 nitrogen and oxygen atoms in total. The molecule has 2 aliphatic carbocycles. The molecule has 0 saturated carbocycles. The average molecular weight is 533 g/mol. The molecule has 0 heterocycles. The van der Waals surface area contributed by atoms with E-state index in [1.165, 1.54) is 43.9 Å². The first kappa shape index (κ1) is 30.3. The first-order valence-electron chi connectivity index (χ1n) is 10.6. The Morgan fingerprint density at radius 3 is 2.23 bits per heavy atom. The SMILES string of the molecule is CCCC1[C-]=CC(C(C)(C)C)=C1.C[C](C)=[Zr+2].[Cl-].[Cl-].[c-]1cccc2c1Cc1ccccc1-2. The maximum Gasteiger partial charge on any atom is -0.0253 e. The van der Waals surface area contributed by atoms with Crippen molar-refractivity contribution < 1.29 is 49.0 Å². The fourth-order valence-electron chi connectivity index (χ4n) is 3.45. The van der Waals surface area contributed by atoms with E-state index in [9.17, 15) is 0 Å². The molecule has 0 fully saturated rings. The van der Waals surface area contributed by atoms with Crippen molar-refractivity contribution in [2.45, 2.75) is 60.8 Å². The Morgan fingerprint density at radius 2 is 1.65 bits per heavy atom. The molecule has 31 heavy (non-hydrogen) atoms. The summed E-state index contributed by atoms with van der Waals surface area (Å²) in [6.07, 6.45) is 11.5. The van der Waals surface area contributed by atoms with Crippen LogP contribution in [0.2, 0.25) is 0 Å². The Bertz CT molecular complexity index is 840. The summed E-state index contributed by atoms with van der Waals surface area (Å²) in [5.74, 6) is 0.587. The molecule has 0 bridgehead atoms. The molecule has 2 aromatic carbocycles. The molecule has 0 aromatic heterocycles. The number of fused-ring (bicyclic) bond motifs is 3. The van der Waals surface area contributed by atoms with E-state index >= 15 is 0 Å². The maximum absolute atomic E-state index is 3.40. The zero-order chi connectivity index (χ0) is 21.4. The number of rotatable bonds is 2. The number of allylic oxidation sites excluding steroid dienone is 4. The van der Waals surface area contributed by atoms with Crippen LogP contribution >= 0.6 is 0 Å². The van der Waals surface area contributed by atoms with Gasteiger partial charge in [-0.05, 0) is 6.42 Å². The van der Waals surface area contributed by atoms with Crippen molar-refractivity contribution in [2.24, 2.45) is 11.3 Å². The van der Waals surface area contributed by atoms with Crippen molar-refractivity contribution in [2.75, 3.05) is 0 Å². The summed E-state index contributed by atoms with van der Waals surface area (Å²) in [5.41, 5.74) is 7.26. The van der Waals surface area contributed by atoms with Gasteiger partial charge in [-0.3, -0.25) is 6.08 Å². The molecule has 0 radical (unpaired) electrons. The molecule has 0 spiro atoms. The van der Waals surface area contributed by atoms with Gasteiger partial charge in [-0.15, -0.1) is 5.56 Å². The molecule has 2 aromatic rings. The van der Waals surface area contributed by atoms with E-state index in [0.717, 1.165) is 6.42 Å². The quantitative estimate of drug-likeness (QED) is 0.440. The average Bonchev–Trinajstić information content (AvgIpc) is 3.26. The van der Waals surface area contributed by atoms with Crippen molar-refractivity contribution in [1.29, 1.82) is 0 Å². The molecule has 0 amide bonds. The summed E-state index contributed by atoms with van der Waals surface area (Å²) < 4.78 is 1.51. The molecule has 3 heteroatoms. The van der Waals surface area contributed by atoms with Gasteiger partial charge in [-0.2, -0.15) is 41.5 Å². The van der Waals surface area contributed by atoms with Crippen molar-refractivity contribution >= 4 is 3.21 Å². The van der Waals surface area contributed by atoms with Gasteiger partial charge in [0, 0.05) is 0 Å². The van der Waals surface area contributed by atoms with Gasteiger partial charge in [-0.1, -0.05) is 87.3 Å². The maximum atomic E-state index is 3.40. The summed E-state index contributed by atoms with van der Waals surface area (Å²) in [4.78, 5) is 0. The van der Waals surface area contributed by atoms with E-state index in [2.05, 4.69) is 102 Å². The van der Waals surface area contributed by atoms with Gasteiger partial charge in [0.2, 0.25) is 0 Å². The monoisotopic (exact) mass is 530 g/mol. The summed E-state index contributed by atoms with van der Waals surface area (Å²) in [5, 5.41) is 0. The van der Waals surface area contributed by atoms with Crippen molar-refractivity contribution in [1.82, 2.24) is 0 Å². The van der Waals surface area contributed by atoms with Gasteiger partial charge in [-0.25, -0.2) is 6.08 Å². The Morgan fingerprint density at radius 1 is 1.03 bits per heavy atom. The molecule has 166 valence electrons. The predicted octanol–water partition coefficient (Wildman–Crippen LogP) is 1.56. The van der Waals surface area contributed by atoms with Gasteiger partial charge in [0.25, 0.3) is 0 Å². The third kappa shape index (κ3) is 9.73. The minimum Gasteiger partial charge on any atom is -1.00 e. The summed E-state index contributed by atoms with van der Waals surface area (Å²) in [6, 6.07) is 18.1. The van der Waals surface area contributed by atoms with Crippen LogP contribution in [0, 0.1) is 23.5 Å². The third-order valence-electron chi connectivity index (χ3n) is 4.92. The second-order valence-electron chi connectivity index (χ2n) is 8.97. The van der Waals surface area contributed by atoms with E-state index in [0.29, 0.717) is 11.3 Å². The summed E-state index contributed by atoms with van der Waals surface area (Å²) in [7, 11) is 0. The Kier molecular flexibility index (Phi) is 14.1. The third-order valence-corrected chi connectivity index (χ3v) is 4.92. The van der Waals surface area contributed by atoms with Crippen LogP contribution in [0.1, 0.15) is 65.5 Å². The second kappa shape index (κ2) is 14.4. The van der Waals surface area contributed by atoms with Gasteiger partial charge in [0.1, 0.15) is 0 Å². The van der Waals surface area contributed by atoms with E-state index in [1.807, 2.05) is 6.07 Å². The van der Waals surface area contributed by atoms with Gasteiger partial charge in [0.05, 0.1) is 0 Å². The topological polar surface area (TPSA) is 0 Å². The van der Waals surface area contributed by atoms with E-state index < -0.39 is 0 Å². The molecule has 0 saturated heterocycles. The first-order chi connectivity index (χ1) is 13.7. The number of halogens is 2. The van der Waals surface area contributed by atoms with Gasteiger partial charge in [0.15, 0.2) is 0 Å². The Balaban J connectivity index is 0.000000473. The van der Waals surface area contributed by atoms with Gasteiger partial charge >= 0.3 is 41.3 Å². The molecular weight excluding hydrogens is 498 g/mol. The van der Waals surface area contributed by atoms with Crippen LogP contribution in [-0.2, 0) is 30.7 Å². The predicted molar refractivity (Wildman–Crippen MR) is 124 cm³/mol. The number of hydrogen-bond donors (Lipinski definition) is 0. The zero-order valence-corrected chi connectivity index (χ0v) is 23.6. The molecule has 4 rings (SSSR count). The molecule has 1 unspecified atom stereocenters. The van der Waals surface area contributed by atoms with Crippen LogP contribution < -0.4 is 24.8 Å². The molecule has 2 aliphatic rings. The fraction of sp³-hybridized carbons (Fsp3) is 0.393. The van der Waals surface area contributed by atoms with Crippen molar-refractivity contribution in [3.05, 3.63) is 83.5 Å². The van der Waals surface area contributed by atoms with Crippen molar-refractivity contribution in [3.63, 3.8) is 0 Å². The second-order valence-corrected chi connectivity index (χ2v) is 11.4. The zero-order valence-electron chi connectivity index (χ0n) is 19.7. The summed E-state index contributed by atoms with van der Waals surface area (Å²) >= 11 is 1.55. The largest absolute Gasteiger partial charge is 1.00 e. The van der Waals surface area contributed by atoms with Crippen LogP contribution in [0.4, 0.5) is 0 Å². The first-order valence-corrected chi connectivity index (χ1v) is 11.9. The fourth-order valence-corrected chi connectivity index (χ4v) is 3.45. The van der Waals surface area contributed by atoms with Crippen LogP contribution in [0.5, 0.6) is 0 Å². The molecular formula is C28H34Cl2Zr-2. The minimum atomic E-state index is 0. The molecule has 0 aliphatic heterocycles. The van der Waals surface area contributed by atoms with Crippen molar-refractivity contribution in [3.8, 4) is 11.1 Å². The standard InChI is InChI=1S/C13H9.C12H19.C3H6.2ClH.Zr/c1-3-7-12-10(5-1)9-11-6-2-4-8-13(11)12;1-5-6-10-7-8-11(9-10)12(2,3)4;1-3-2;;;/h1-5,7-8H,9H2;8-10H,5-6H2,1-4H3;1-2H3;2*1H;/q2*-1;;;;+2/p-2. The summed E-state index contributed by atoms with van der Waals surface area (Å²) in [6.45, 7) is 13.2. The smallest absolute Gasteiger partial charge is 0.0253 e. The van der Waals surface area contributed by atoms with Crippen LogP contribution in [0.15, 0.2) is 60.2 Å². The van der Waals surface area contributed by atoms with E-state index in [1.54, 1.807) is 24.2 Å². The van der Waals surface area contributed by atoms with E-state index in [4.69, 9.17) is 0 Å². The number of hydrogen-bond acceptors (Lipinski definition) is 0. The molecule has 0 N–H and O–H groups in total. The van der Waals surface area contributed by atoms with Crippen LogP contribution in [0.3, 0.4) is 0 Å². The Labute approximate surface area is 217 Å².